The first-order chi connectivity index (χ1) is 16.5. The summed E-state index contributed by atoms with van der Waals surface area (Å²) in [6, 6.07) is 0. The molecule has 3 fully saturated rings. The van der Waals surface area contributed by atoms with Crippen molar-refractivity contribution >= 4 is 23.4 Å². The molecule has 8 heteroatoms. The van der Waals surface area contributed by atoms with Crippen LogP contribution in [-0.4, -0.2) is 66.1 Å². The molecule has 36 heavy (non-hydrogen) atoms. The SMILES string of the molecule is CC1=C(C)C(=O)O[C@@H]([C@](C)(O)[C@]2(O)CC[C@@]3(O)[C@@H]4C[C@H](Cl)[C@]5(O)CC=CC(=O)[C@]5(C)[C@H]4CC[C@]23C)C1. The van der Waals surface area contributed by atoms with Crippen molar-refractivity contribution in [2.24, 2.45) is 22.7 Å². The van der Waals surface area contributed by atoms with Gasteiger partial charge in [-0.25, -0.2) is 4.79 Å². The Bertz CT molecular complexity index is 1080. The van der Waals surface area contributed by atoms with Gasteiger partial charge >= 0.3 is 5.97 Å². The molecule has 4 aliphatic carbocycles. The van der Waals surface area contributed by atoms with Gasteiger partial charge in [0.2, 0.25) is 0 Å². The molecule has 0 aromatic carbocycles. The zero-order valence-corrected chi connectivity index (χ0v) is 22.6. The summed E-state index contributed by atoms with van der Waals surface area (Å²) in [6.45, 7) is 8.58. The van der Waals surface area contributed by atoms with Gasteiger partial charge in [0.05, 0.1) is 22.0 Å². The first-order valence-corrected chi connectivity index (χ1v) is 13.6. The number of cyclic esters (lactones) is 1. The smallest absolute Gasteiger partial charge is 0.334 e. The van der Waals surface area contributed by atoms with Crippen molar-refractivity contribution in [1.29, 1.82) is 0 Å². The second-order valence-electron chi connectivity index (χ2n) is 12.8. The minimum Gasteiger partial charge on any atom is -0.455 e. The van der Waals surface area contributed by atoms with Crippen molar-refractivity contribution in [3.8, 4) is 0 Å². The maximum Gasteiger partial charge on any atom is 0.334 e. The van der Waals surface area contributed by atoms with Crippen LogP contribution in [0.2, 0.25) is 0 Å². The quantitative estimate of drug-likeness (QED) is 0.324. The van der Waals surface area contributed by atoms with E-state index in [1.54, 1.807) is 26.8 Å². The number of aliphatic hydroxyl groups is 4. The average molecular weight is 523 g/mol. The van der Waals surface area contributed by atoms with E-state index >= 15 is 0 Å². The van der Waals surface area contributed by atoms with Crippen molar-refractivity contribution < 1.29 is 34.8 Å². The highest BCUT2D eigenvalue weighted by Crippen LogP contribution is 2.71. The summed E-state index contributed by atoms with van der Waals surface area (Å²) in [4.78, 5) is 25.7. The maximum atomic E-state index is 13.3. The Hall–Kier alpha value is -1.25. The Balaban J connectivity index is 1.55. The van der Waals surface area contributed by atoms with Gasteiger partial charge < -0.3 is 25.2 Å². The molecular weight excluding hydrogens is 484 g/mol. The highest BCUT2D eigenvalue weighted by Gasteiger charge is 2.78. The van der Waals surface area contributed by atoms with E-state index in [0.29, 0.717) is 31.3 Å². The molecule has 0 aromatic heterocycles. The van der Waals surface area contributed by atoms with Crippen molar-refractivity contribution in [3.05, 3.63) is 23.3 Å². The zero-order chi connectivity index (χ0) is 26.7. The monoisotopic (exact) mass is 522 g/mol. The maximum absolute atomic E-state index is 13.3. The molecule has 0 radical (unpaired) electrons. The van der Waals surface area contributed by atoms with E-state index in [4.69, 9.17) is 16.3 Å². The molecule has 10 atom stereocenters. The molecule has 4 N–H and O–H groups in total. The van der Waals surface area contributed by atoms with Crippen LogP contribution in [0.15, 0.2) is 23.3 Å². The molecule has 5 rings (SSSR count). The number of ketones is 1. The van der Waals surface area contributed by atoms with Crippen LogP contribution in [0.25, 0.3) is 0 Å². The largest absolute Gasteiger partial charge is 0.455 e. The summed E-state index contributed by atoms with van der Waals surface area (Å²) in [5.41, 5.74) is -7.45. The zero-order valence-electron chi connectivity index (χ0n) is 21.8. The number of rotatable bonds is 2. The third kappa shape index (κ3) is 2.79. The fourth-order valence-corrected chi connectivity index (χ4v) is 9.41. The number of carbonyl (C=O) groups excluding carboxylic acids is 2. The lowest BCUT2D eigenvalue weighted by Gasteiger charge is -2.66. The Labute approximate surface area is 217 Å². The highest BCUT2D eigenvalue weighted by molar-refractivity contribution is 6.22. The van der Waals surface area contributed by atoms with Gasteiger partial charge in [-0.2, -0.15) is 0 Å². The van der Waals surface area contributed by atoms with Crippen molar-refractivity contribution in [2.75, 3.05) is 0 Å². The lowest BCUT2D eigenvalue weighted by atomic mass is 9.41. The first kappa shape index (κ1) is 26.4. The third-order valence-corrected chi connectivity index (χ3v) is 12.3. The van der Waals surface area contributed by atoms with Gasteiger partial charge in [-0.15, -0.1) is 11.6 Å². The molecule has 200 valence electrons. The van der Waals surface area contributed by atoms with Gasteiger partial charge in [-0.1, -0.05) is 18.6 Å². The normalized spacial score (nSPS) is 52.3. The molecule has 1 heterocycles. The Kier molecular flexibility index (Phi) is 5.61. The summed E-state index contributed by atoms with van der Waals surface area (Å²) in [5, 5.41) is 47.6. The number of carbonyl (C=O) groups is 2. The molecule has 3 saturated carbocycles. The molecule has 0 unspecified atom stereocenters. The molecule has 0 bridgehead atoms. The van der Waals surface area contributed by atoms with Gasteiger partial charge in [-0.3, -0.25) is 4.79 Å². The van der Waals surface area contributed by atoms with Crippen molar-refractivity contribution in [1.82, 2.24) is 0 Å². The van der Waals surface area contributed by atoms with E-state index in [1.165, 1.54) is 13.0 Å². The molecule has 1 aliphatic heterocycles. The van der Waals surface area contributed by atoms with Crippen LogP contribution in [0, 0.1) is 22.7 Å². The second kappa shape index (κ2) is 7.66. The Morgan fingerprint density at radius 2 is 1.72 bits per heavy atom. The van der Waals surface area contributed by atoms with Crippen LogP contribution < -0.4 is 0 Å². The number of halogens is 1. The number of alkyl halides is 1. The lowest BCUT2D eigenvalue weighted by molar-refractivity contribution is -0.290. The Morgan fingerprint density at radius 1 is 1.06 bits per heavy atom. The predicted molar refractivity (Wildman–Crippen MR) is 133 cm³/mol. The van der Waals surface area contributed by atoms with Crippen LogP contribution >= 0.6 is 11.6 Å². The summed E-state index contributed by atoms with van der Waals surface area (Å²) in [6.07, 6.45) is 4.22. The minimum absolute atomic E-state index is 0.105. The summed E-state index contributed by atoms with van der Waals surface area (Å²) >= 11 is 6.81. The fourth-order valence-electron chi connectivity index (χ4n) is 8.90. The summed E-state index contributed by atoms with van der Waals surface area (Å²) in [7, 11) is 0. The molecule has 0 amide bonds. The van der Waals surface area contributed by atoms with Crippen molar-refractivity contribution in [3.63, 3.8) is 0 Å². The standard InChI is InChI=1S/C28H39ClO7/c1-15-13-21(36-22(31)16(15)2)25(5,32)28(35)12-11-26(33)18-14-19(29)27(34)9-6-7-20(30)24(27,4)17(18)8-10-23(26,28)3/h6-7,17-19,21,32-35H,8-14H2,1-5H3/t17-,18+,19-,21+,23-,24-,25-,26+,27+,28-/m0/s1. The van der Waals surface area contributed by atoms with E-state index in [9.17, 15) is 30.0 Å². The van der Waals surface area contributed by atoms with Crippen LogP contribution in [0.1, 0.15) is 79.6 Å². The van der Waals surface area contributed by atoms with E-state index in [2.05, 4.69) is 0 Å². The second-order valence-corrected chi connectivity index (χ2v) is 13.3. The van der Waals surface area contributed by atoms with Gasteiger partial charge in [-0.05, 0) is 84.1 Å². The number of hydrogen-bond acceptors (Lipinski definition) is 7. The molecule has 0 spiro atoms. The molecular formula is C28H39ClO7. The Morgan fingerprint density at radius 3 is 2.36 bits per heavy atom. The first-order valence-electron chi connectivity index (χ1n) is 13.1. The van der Waals surface area contributed by atoms with Crippen LogP contribution in [0.5, 0.6) is 0 Å². The average Bonchev–Trinajstić information content (AvgIpc) is 3.03. The molecule has 0 aromatic rings. The minimum atomic E-state index is -1.83. The van der Waals surface area contributed by atoms with Crippen LogP contribution in [-0.2, 0) is 14.3 Å². The topological polar surface area (TPSA) is 124 Å². The number of ether oxygens (including phenoxy) is 1. The molecule has 7 nitrogen and oxygen atoms in total. The van der Waals surface area contributed by atoms with E-state index in [-0.39, 0.29) is 31.0 Å². The fraction of sp³-hybridized carbons (Fsp3) is 0.786. The number of esters is 1. The van der Waals surface area contributed by atoms with Gasteiger partial charge in [0.25, 0.3) is 0 Å². The third-order valence-electron chi connectivity index (χ3n) is 11.8. The summed E-state index contributed by atoms with van der Waals surface area (Å²) in [5.74, 6) is -1.48. The predicted octanol–water partition coefficient (Wildman–Crippen LogP) is 2.96. The number of allylic oxidation sites excluding steroid dienone is 1. The number of fused-ring (bicyclic) bond motifs is 5. The molecule has 5 aliphatic rings. The summed E-state index contributed by atoms with van der Waals surface area (Å²) < 4.78 is 5.61. The van der Waals surface area contributed by atoms with Crippen LogP contribution in [0.3, 0.4) is 0 Å². The van der Waals surface area contributed by atoms with Gasteiger partial charge in [0.15, 0.2) is 5.78 Å². The van der Waals surface area contributed by atoms with E-state index in [0.717, 1.165) is 5.57 Å². The van der Waals surface area contributed by atoms with E-state index in [1.807, 2.05) is 6.92 Å². The lowest BCUT2D eigenvalue weighted by Crippen LogP contribution is -2.75. The van der Waals surface area contributed by atoms with Crippen molar-refractivity contribution in [2.45, 2.75) is 113 Å². The molecule has 0 saturated heterocycles. The van der Waals surface area contributed by atoms with Gasteiger partial charge in [0.1, 0.15) is 17.3 Å². The van der Waals surface area contributed by atoms with Gasteiger partial charge in [0, 0.05) is 17.4 Å². The van der Waals surface area contributed by atoms with E-state index < -0.39 is 56.6 Å². The van der Waals surface area contributed by atoms with Crippen LogP contribution in [0.4, 0.5) is 0 Å². The highest BCUT2D eigenvalue weighted by atomic mass is 35.5. The number of hydrogen-bond donors (Lipinski definition) is 4.